The minimum Gasteiger partial charge on any atom is -0.488 e. The Bertz CT molecular complexity index is 361. The third-order valence-electron chi connectivity index (χ3n) is 2.17. The topological polar surface area (TPSA) is 41.5 Å². The van der Waals surface area contributed by atoms with Crippen molar-refractivity contribution in [2.75, 3.05) is 13.2 Å². The molecule has 0 saturated heterocycles. The van der Waals surface area contributed by atoms with E-state index in [1.165, 1.54) is 6.07 Å². The van der Waals surface area contributed by atoms with Gasteiger partial charge in [-0.3, -0.25) is 0 Å². The van der Waals surface area contributed by atoms with Crippen LogP contribution in [0.2, 0.25) is 0 Å². The summed E-state index contributed by atoms with van der Waals surface area (Å²) < 4.78 is 18.6. The van der Waals surface area contributed by atoms with Gasteiger partial charge in [-0.1, -0.05) is 6.07 Å². The normalized spacial score (nSPS) is 11.6. The molecule has 0 amide bonds. The molecule has 3 nitrogen and oxygen atoms in total. The van der Waals surface area contributed by atoms with E-state index < -0.39 is 5.82 Å². The zero-order chi connectivity index (χ0) is 12.9. The van der Waals surface area contributed by atoms with E-state index in [9.17, 15) is 4.39 Å². The number of hydrogen-bond donors (Lipinski definition) is 2. The van der Waals surface area contributed by atoms with E-state index in [2.05, 4.69) is 26.1 Å². The van der Waals surface area contributed by atoms with Crippen LogP contribution in [-0.2, 0) is 6.54 Å². The fourth-order valence-corrected chi connectivity index (χ4v) is 1.29. The van der Waals surface area contributed by atoms with Crippen LogP contribution in [0.5, 0.6) is 5.75 Å². The molecule has 1 aromatic carbocycles. The molecule has 4 heteroatoms. The minimum atomic E-state index is -0.397. The van der Waals surface area contributed by atoms with Gasteiger partial charge in [-0.2, -0.15) is 0 Å². The Morgan fingerprint density at radius 2 is 2.06 bits per heavy atom. The second kappa shape index (κ2) is 5.98. The van der Waals surface area contributed by atoms with E-state index in [1.54, 1.807) is 6.07 Å². The lowest BCUT2D eigenvalue weighted by Gasteiger charge is -2.20. The summed E-state index contributed by atoms with van der Waals surface area (Å²) >= 11 is 0. The van der Waals surface area contributed by atoms with Gasteiger partial charge < -0.3 is 15.2 Å². The minimum absolute atomic E-state index is 0.00252. The molecule has 0 aliphatic rings. The first-order valence-corrected chi connectivity index (χ1v) is 5.69. The summed E-state index contributed by atoms with van der Waals surface area (Å²) in [5.41, 5.74) is 0.872. The maximum Gasteiger partial charge on any atom is 0.165 e. The summed E-state index contributed by atoms with van der Waals surface area (Å²) in [7, 11) is 0. The van der Waals surface area contributed by atoms with E-state index in [-0.39, 0.29) is 24.5 Å². The van der Waals surface area contributed by atoms with Crippen LogP contribution in [0.3, 0.4) is 0 Å². The van der Waals surface area contributed by atoms with Gasteiger partial charge in [0, 0.05) is 12.1 Å². The van der Waals surface area contributed by atoms with Crippen molar-refractivity contribution in [2.24, 2.45) is 0 Å². The molecular weight excluding hydrogens is 221 g/mol. The van der Waals surface area contributed by atoms with Crippen LogP contribution in [0.1, 0.15) is 26.3 Å². The Hall–Kier alpha value is -1.13. The molecule has 17 heavy (non-hydrogen) atoms. The summed E-state index contributed by atoms with van der Waals surface area (Å²) in [6.45, 7) is 6.77. The first-order valence-electron chi connectivity index (χ1n) is 5.69. The number of hydrogen-bond acceptors (Lipinski definition) is 3. The quantitative estimate of drug-likeness (QED) is 0.829. The van der Waals surface area contributed by atoms with Crippen molar-refractivity contribution in [3.63, 3.8) is 0 Å². The molecular formula is C13H20FNO2. The van der Waals surface area contributed by atoms with E-state index in [4.69, 9.17) is 9.84 Å². The largest absolute Gasteiger partial charge is 0.488 e. The molecule has 0 unspecified atom stereocenters. The lowest BCUT2D eigenvalue weighted by molar-refractivity contribution is 0.196. The Kier molecular flexibility index (Phi) is 4.90. The fraction of sp³-hybridized carbons (Fsp3) is 0.538. The average molecular weight is 241 g/mol. The molecule has 1 rings (SSSR count). The maximum atomic E-state index is 13.6. The van der Waals surface area contributed by atoms with Crippen LogP contribution >= 0.6 is 0 Å². The van der Waals surface area contributed by atoms with Gasteiger partial charge in [-0.05, 0) is 38.5 Å². The third kappa shape index (κ3) is 5.15. The molecule has 1 aromatic rings. The highest BCUT2D eigenvalue weighted by Crippen LogP contribution is 2.18. The average Bonchev–Trinajstić information content (AvgIpc) is 2.24. The predicted molar refractivity (Wildman–Crippen MR) is 65.6 cm³/mol. The Balaban J connectivity index is 2.62. The molecule has 0 atom stereocenters. The van der Waals surface area contributed by atoms with Crippen molar-refractivity contribution >= 4 is 0 Å². The summed E-state index contributed by atoms with van der Waals surface area (Å²) in [5.74, 6) is -0.217. The molecule has 0 aliphatic carbocycles. The third-order valence-corrected chi connectivity index (χ3v) is 2.17. The van der Waals surface area contributed by atoms with Crippen molar-refractivity contribution in [2.45, 2.75) is 32.9 Å². The number of aliphatic hydroxyl groups excluding tert-OH is 1. The van der Waals surface area contributed by atoms with Gasteiger partial charge in [0.25, 0.3) is 0 Å². The molecule has 0 aromatic heterocycles. The van der Waals surface area contributed by atoms with Gasteiger partial charge in [0.2, 0.25) is 0 Å². The van der Waals surface area contributed by atoms with Crippen molar-refractivity contribution in [1.82, 2.24) is 5.32 Å². The van der Waals surface area contributed by atoms with Crippen LogP contribution in [-0.4, -0.2) is 23.9 Å². The lowest BCUT2D eigenvalue weighted by atomic mass is 10.1. The SMILES string of the molecule is CC(C)(C)NCc1ccc(OCCO)c(F)c1. The number of nitrogens with one attached hydrogen (secondary N) is 1. The van der Waals surface area contributed by atoms with Crippen LogP contribution in [0.25, 0.3) is 0 Å². The fourth-order valence-electron chi connectivity index (χ4n) is 1.29. The monoisotopic (exact) mass is 241 g/mol. The van der Waals surface area contributed by atoms with E-state index in [1.807, 2.05) is 6.07 Å². The summed E-state index contributed by atoms with van der Waals surface area (Å²) in [6, 6.07) is 4.85. The molecule has 0 fully saturated rings. The number of ether oxygens (including phenoxy) is 1. The zero-order valence-electron chi connectivity index (χ0n) is 10.6. The Labute approximate surface area is 102 Å². The predicted octanol–water partition coefficient (Wildman–Crippen LogP) is 2.08. The molecule has 96 valence electrons. The van der Waals surface area contributed by atoms with E-state index in [0.717, 1.165) is 5.56 Å². The van der Waals surface area contributed by atoms with Crippen LogP contribution < -0.4 is 10.1 Å². The van der Waals surface area contributed by atoms with Crippen LogP contribution in [0.4, 0.5) is 4.39 Å². The first-order chi connectivity index (χ1) is 7.92. The molecule has 0 saturated carbocycles. The smallest absolute Gasteiger partial charge is 0.165 e. The standard InChI is InChI=1S/C13H20FNO2/c1-13(2,3)15-9-10-4-5-12(11(14)8-10)17-7-6-16/h4-5,8,15-16H,6-7,9H2,1-3H3. The summed E-state index contributed by atoms with van der Waals surface area (Å²) in [5, 5.41) is 11.9. The highest BCUT2D eigenvalue weighted by molar-refractivity contribution is 5.29. The van der Waals surface area contributed by atoms with Crippen molar-refractivity contribution in [1.29, 1.82) is 0 Å². The highest BCUT2D eigenvalue weighted by atomic mass is 19.1. The number of halogens is 1. The zero-order valence-corrected chi connectivity index (χ0v) is 10.6. The van der Waals surface area contributed by atoms with Gasteiger partial charge in [-0.15, -0.1) is 0 Å². The van der Waals surface area contributed by atoms with Crippen LogP contribution in [0.15, 0.2) is 18.2 Å². The van der Waals surface area contributed by atoms with Crippen molar-refractivity contribution < 1.29 is 14.2 Å². The van der Waals surface area contributed by atoms with Gasteiger partial charge in [-0.25, -0.2) is 4.39 Å². The Morgan fingerprint density at radius 1 is 1.35 bits per heavy atom. The number of rotatable bonds is 5. The molecule has 0 heterocycles. The molecule has 0 radical (unpaired) electrons. The van der Waals surface area contributed by atoms with Gasteiger partial charge >= 0.3 is 0 Å². The maximum absolute atomic E-state index is 13.6. The number of aliphatic hydroxyl groups is 1. The van der Waals surface area contributed by atoms with Crippen molar-refractivity contribution in [3.8, 4) is 5.75 Å². The molecule has 0 aliphatic heterocycles. The summed E-state index contributed by atoms with van der Waals surface area (Å²) in [6.07, 6.45) is 0. The Morgan fingerprint density at radius 3 is 2.59 bits per heavy atom. The molecule has 0 spiro atoms. The van der Waals surface area contributed by atoms with Crippen LogP contribution in [0, 0.1) is 5.82 Å². The van der Waals surface area contributed by atoms with E-state index >= 15 is 0 Å². The lowest BCUT2D eigenvalue weighted by Crippen LogP contribution is -2.35. The van der Waals surface area contributed by atoms with Gasteiger partial charge in [0.1, 0.15) is 6.61 Å². The second-order valence-electron chi connectivity index (χ2n) is 4.94. The van der Waals surface area contributed by atoms with E-state index in [0.29, 0.717) is 6.54 Å². The van der Waals surface area contributed by atoms with Crippen molar-refractivity contribution in [3.05, 3.63) is 29.6 Å². The highest BCUT2D eigenvalue weighted by Gasteiger charge is 2.10. The molecule has 2 N–H and O–H groups in total. The van der Waals surface area contributed by atoms with Gasteiger partial charge in [0.05, 0.1) is 6.61 Å². The first kappa shape index (κ1) is 13.9. The summed E-state index contributed by atoms with van der Waals surface area (Å²) in [4.78, 5) is 0. The molecule has 0 bridgehead atoms. The number of benzene rings is 1. The second-order valence-corrected chi connectivity index (χ2v) is 4.94. The van der Waals surface area contributed by atoms with Gasteiger partial charge in [0.15, 0.2) is 11.6 Å².